The zero-order valence-electron chi connectivity index (χ0n) is 17.7. The van der Waals surface area contributed by atoms with Crippen molar-refractivity contribution in [2.75, 3.05) is 18.4 Å². The highest BCUT2D eigenvalue weighted by atomic mass is 35.5. The number of nitrogens with zero attached hydrogens (tertiary/aromatic N) is 2. The zero-order chi connectivity index (χ0) is 23.6. The Bertz CT molecular complexity index is 1180. The van der Waals surface area contributed by atoms with E-state index in [2.05, 4.69) is 12.2 Å². The zero-order valence-corrected chi connectivity index (χ0v) is 18.5. The topological polar surface area (TPSA) is 44.7 Å². The summed E-state index contributed by atoms with van der Waals surface area (Å²) in [5.41, 5.74) is 1.48. The highest BCUT2D eigenvalue weighted by Crippen LogP contribution is 2.35. The summed E-state index contributed by atoms with van der Waals surface area (Å²) in [5, 5.41) is 9.51. The maximum absolute atomic E-state index is 13.0. The van der Waals surface area contributed by atoms with Crippen molar-refractivity contribution in [3.8, 4) is 0 Å². The van der Waals surface area contributed by atoms with Gasteiger partial charge in [-0.15, -0.1) is 0 Å². The van der Waals surface area contributed by atoms with Crippen LogP contribution in [0, 0.1) is 0 Å². The average Bonchev–Trinajstić information content (AvgIpc) is 3.11. The predicted octanol–water partition coefficient (Wildman–Crippen LogP) is 5.98. The lowest BCUT2D eigenvalue weighted by Gasteiger charge is -2.27. The molecule has 1 heterocycles. The van der Waals surface area contributed by atoms with Gasteiger partial charge in [0.25, 0.3) is 0 Å². The van der Waals surface area contributed by atoms with Crippen molar-refractivity contribution in [2.24, 2.45) is 5.10 Å². The first-order valence-electron chi connectivity index (χ1n) is 10.3. The first kappa shape index (κ1) is 22.9. The molecule has 1 atom stereocenters. The van der Waals surface area contributed by atoms with E-state index in [-0.39, 0.29) is 12.2 Å². The summed E-state index contributed by atoms with van der Waals surface area (Å²) in [4.78, 5) is 12.6. The molecule has 33 heavy (non-hydrogen) atoms. The van der Waals surface area contributed by atoms with Crippen molar-refractivity contribution in [3.05, 3.63) is 101 Å². The summed E-state index contributed by atoms with van der Waals surface area (Å²) in [6, 6.07) is 21.8. The van der Waals surface area contributed by atoms with E-state index in [1.165, 1.54) is 12.1 Å². The molecular formula is C25H21ClF3N3O. The summed E-state index contributed by atoms with van der Waals surface area (Å²) in [7, 11) is 0. The lowest BCUT2D eigenvalue weighted by atomic mass is 9.76. The minimum Gasteiger partial charge on any atom is -0.324 e. The minimum atomic E-state index is -4.48. The highest BCUT2D eigenvalue weighted by molar-refractivity contribution is 6.30. The number of halogens is 4. The normalized spacial score (nSPS) is 18.2. The molecule has 3 aromatic rings. The Labute approximate surface area is 194 Å². The minimum absolute atomic E-state index is 0.0850. The van der Waals surface area contributed by atoms with Crippen LogP contribution in [0.25, 0.3) is 0 Å². The molecule has 0 bridgehead atoms. The van der Waals surface area contributed by atoms with Gasteiger partial charge >= 0.3 is 6.18 Å². The standard InChI is InChI=1S/C25H21ClF3N3O/c1-24(18-6-3-2-4-7-18)16-32(31-23(24)17-10-12-20(26)13-11-17)15-22(33)30-21-9-5-8-19(14-21)25(27,28)29/h2-14H,15-16H2,1H3,(H,30,33). The lowest BCUT2D eigenvalue weighted by Crippen LogP contribution is -2.38. The largest absolute Gasteiger partial charge is 0.416 e. The Hall–Kier alpha value is -3.32. The first-order valence-corrected chi connectivity index (χ1v) is 10.7. The Morgan fingerprint density at radius 1 is 1.06 bits per heavy atom. The third kappa shape index (κ3) is 5.03. The summed E-state index contributed by atoms with van der Waals surface area (Å²) in [6.07, 6.45) is -4.48. The number of rotatable bonds is 5. The molecule has 1 N–H and O–H groups in total. The van der Waals surface area contributed by atoms with Crippen LogP contribution in [0.2, 0.25) is 5.02 Å². The van der Waals surface area contributed by atoms with Gasteiger partial charge in [-0.2, -0.15) is 18.3 Å². The molecule has 0 aromatic heterocycles. The molecule has 1 unspecified atom stereocenters. The Balaban J connectivity index is 1.57. The maximum Gasteiger partial charge on any atom is 0.416 e. The molecule has 1 aliphatic rings. The Kier molecular flexibility index (Phi) is 6.17. The van der Waals surface area contributed by atoms with Gasteiger partial charge in [-0.05, 0) is 48.4 Å². The third-order valence-corrected chi connectivity index (χ3v) is 5.84. The first-order chi connectivity index (χ1) is 15.6. The van der Waals surface area contributed by atoms with Crippen molar-refractivity contribution >= 4 is 28.9 Å². The second-order valence-electron chi connectivity index (χ2n) is 8.10. The van der Waals surface area contributed by atoms with E-state index >= 15 is 0 Å². The van der Waals surface area contributed by atoms with Gasteiger partial charge in [-0.3, -0.25) is 9.80 Å². The average molecular weight is 472 g/mol. The van der Waals surface area contributed by atoms with Crippen LogP contribution in [0.3, 0.4) is 0 Å². The van der Waals surface area contributed by atoms with E-state index in [4.69, 9.17) is 16.7 Å². The Morgan fingerprint density at radius 2 is 1.76 bits per heavy atom. The number of benzene rings is 3. The van der Waals surface area contributed by atoms with Crippen molar-refractivity contribution in [1.82, 2.24) is 5.01 Å². The molecule has 0 spiro atoms. The molecule has 4 nitrogen and oxygen atoms in total. The molecule has 170 valence electrons. The van der Waals surface area contributed by atoms with E-state index in [0.29, 0.717) is 11.6 Å². The van der Waals surface area contributed by atoms with E-state index in [1.54, 1.807) is 17.1 Å². The van der Waals surface area contributed by atoms with Crippen molar-refractivity contribution in [1.29, 1.82) is 0 Å². The molecule has 3 aromatic carbocycles. The second kappa shape index (κ2) is 8.90. The number of alkyl halides is 3. The van der Waals surface area contributed by atoms with Crippen LogP contribution >= 0.6 is 11.6 Å². The maximum atomic E-state index is 13.0. The van der Waals surface area contributed by atoms with Crippen molar-refractivity contribution in [3.63, 3.8) is 0 Å². The molecule has 0 aliphatic carbocycles. The monoisotopic (exact) mass is 471 g/mol. The molecule has 8 heteroatoms. The number of hydrazone groups is 1. The molecule has 1 amide bonds. The van der Waals surface area contributed by atoms with Gasteiger partial charge in [0.05, 0.1) is 23.2 Å². The van der Waals surface area contributed by atoms with Gasteiger partial charge < -0.3 is 5.32 Å². The van der Waals surface area contributed by atoms with Gasteiger partial charge in [0.2, 0.25) is 5.91 Å². The van der Waals surface area contributed by atoms with E-state index in [0.717, 1.165) is 29.0 Å². The molecule has 0 fully saturated rings. The predicted molar refractivity (Wildman–Crippen MR) is 123 cm³/mol. The van der Waals surface area contributed by atoms with Gasteiger partial charge in [0, 0.05) is 10.7 Å². The number of carbonyl (C=O) groups is 1. The third-order valence-electron chi connectivity index (χ3n) is 5.59. The highest BCUT2D eigenvalue weighted by Gasteiger charge is 2.41. The second-order valence-corrected chi connectivity index (χ2v) is 8.54. The van der Waals surface area contributed by atoms with Gasteiger partial charge in [-0.1, -0.05) is 60.1 Å². The van der Waals surface area contributed by atoms with Crippen LogP contribution in [0.4, 0.5) is 18.9 Å². The lowest BCUT2D eigenvalue weighted by molar-refractivity contribution is -0.137. The molecule has 0 radical (unpaired) electrons. The van der Waals surface area contributed by atoms with Crippen LogP contribution in [0.1, 0.15) is 23.6 Å². The summed E-state index contributed by atoms with van der Waals surface area (Å²) in [6.45, 7) is 2.39. The Morgan fingerprint density at radius 3 is 2.42 bits per heavy atom. The van der Waals surface area contributed by atoms with Crippen molar-refractivity contribution < 1.29 is 18.0 Å². The number of carbonyl (C=O) groups excluding carboxylic acids is 1. The van der Waals surface area contributed by atoms with Gasteiger partial charge in [-0.25, -0.2) is 0 Å². The number of hydrogen-bond acceptors (Lipinski definition) is 3. The molecule has 1 aliphatic heterocycles. The number of nitrogens with one attached hydrogen (secondary N) is 1. The smallest absolute Gasteiger partial charge is 0.324 e. The van der Waals surface area contributed by atoms with Gasteiger partial charge in [0.1, 0.15) is 6.54 Å². The summed E-state index contributed by atoms with van der Waals surface area (Å²) < 4.78 is 38.9. The number of hydrogen-bond donors (Lipinski definition) is 1. The van der Waals surface area contributed by atoms with Crippen LogP contribution in [-0.4, -0.2) is 29.7 Å². The van der Waals surface area contributed by atoms with Crippen molar-refractivity contribution in [2.45, 2.75) is 18.5 Å². The van der Waals surface area contributed by atoms with Crippen LogP contribution in [0.15, 0.2) is 84.0 Å². The quantitative estimate of drug-likeness (QED) is 0.498. The van der Waals surface area contributed by atoms with Crippen LogP contribution < -0.4 is 5.32 Å². The van der Waals surface area contributed by atoms with Crippen LogP contribution in [-0.2, 0) is 16.4 Å². The summed E-state index contributed by atoms with van der Waals surface area (Å²) >= 11 is 6.05. The summed E-state index contributed by atoms with van der Waals surface area (Å²) in [5.74, 6) is -0.453. The fourth-order valence-corrected chi connectivity index (χ4v) is 4.10. The number of amides is 1. The SMILES string of the molecule is CC1(c2ccccc2)CN(CC(=O)Nc2cccc(C(F)(F)F)c2)N=C1c1ccc(Cl)cc1. The molecular weight excluding hydrogens is 451 g/mol. The van der Waals surface area contributed by atoms with E-state index in [1.807, 2.05) is 42.5 Å². The van der Waals surface area contributed by atoms with E-state index < -0.39 is 23.1 Å². The fourth-order valence-electron chi connectivity index (χ4n) is 3.98. The molecule has 4 rings (SSSR count). The molecule has 0 saturated heterocycles. The van der Waals surface area contributed by atoms with Crippen LogP contribution in [0.5, 0.6) is 0 Å². The molecule has 0 saturated carbocycles. The number of anilines is 1. The van der Waals surface area contributed by atoms with E-state index in [9.17, 15) is 18.0 Å². The fraction of sp³-hybridized carbons (Fsp3) is 0.200. The van der Waals surface area contributed by atoms with Gasteiger partial charge in [0.15, 0.2) is 0 Å².